The molecule has 0 saturated carbocycles. The van der Waals surface area contributed by atoms with Crippen molar-refractivity contribution in [2.24, 2.45) is 0 Å². The molecule has 1 aromatic heterocycles. The minimum absolute atomic E-state index is 0.215. The van der Waals surface area contributed by atoms with Crippen LogP contribution in [0.15, 0.2) is 0 Å². The summed E-state index contributed by atoms with van der Waals surface area (Å²) in [4.78, 5) is 7.05. The van der Waals surface area contributed by atoms with Crippen LogP contribution in [0.4, 0.5) is 19.1 Å². The van der Waals surface area contributed by atoms with Gasteiger partial charge in [-0.2, -0.15) is 13.2 Å². The number of hydrogen-bond acceptors (Lipinski definition) is 3. The molecular weight excluding hydrogens is 195 g/mol. The summed E-state index contributed by atoms with van der Waals surface area (Å²) in [5.41, 5.74) is 5.01. The van der Waals surface area contributed by atoms with Gasteiger partial charge in [-0.05, 0) is 19.3 Å². The summed E-state index contributed by atoms with van der Waals surface area (Å²) in [6.07, 6.45) is -2.78. The molecule has 1 aromatic rings. The number of nitrogens with two attached hydrogens (primary N) is 1. The largest absolute Gasteiger partial charge is 0.433 e. The molecule has 14 heavy (non-hydrogen) atoms. The Morgan fingerprint density at radius 1 is 1.14 bits per heavy atom. The van der Waals surface area contributed by atoms with E-state index in [1.807, 2.05) is 0 Å². The Labute approximate surface area is 78.2 Å². The van der Waals surface area contributed by atoms with E-state index < -0.39 is 11.9 Å². The number of aromatic nitrogens is 2. The van der Waals surface area contributed by atoms with Gasteiger partial charge in [-0.25, -0.2) is 9.97 Å². The van der Waals surface area contributed by atoms with Gasteiger partial charge in [-0.3, -0.25) is 0 Å². The quantitative estimate of drug-likeness (QED) is 0.696. The maximum atomic E-state index is 12.5. The maximum Gasteiger partial charge on any atom is 0.433 e. The van der Waals surface area contributed by atoms with Crippen molar-refractivity contribution < 1.29 is 13.2 Å². The molecule has 0 aliphatic heterocycles. The lowest BCUT2D eigenvalue weighted by Gasteiger charge is -2.10. The fraction of sp³-hybridized carbons (Fsp3) is 0.500. The molecule has 1 heterocycles. The first-order valence-corrected chi connectivity index (χ1v) is 4.21. The van der Waals surface area contributed by atoms with Gasteiger partial charge in [-0.1, -0.05) is 0 Å². The topological polar surface area (TPSA) is 51.8 Å². The molecule has 0 bridgehead atoms. The van der Waals surface area contributed by atoms with Crippen LogP contribution in [0.1, 0.15) is 23.4 Å². The Balaban J connectivity index is 2.60. The SMILES string of the molecule is Nc1nc2c(c(C(F)(F)F)n1)CCC2. The number of fused-ring (bicyclic) bond motifs is 1. The lowest BCUT2D eigenvalue weighted by Crippen LogP contribution is -2.15. The van der Waals surface area contributed by atoms with E-state index in [4.69, 9.17) is 5.73 Å². The molecule has 0 fully saturated rings. The molecule has 0 aromatic carbocycles. The summed E-state index contributed by atoms with van der Waals surface area (Å²) in [5.74, 6) is -0.294. The van der Waals surface area contributed by atoms with E-state index in [1.165, 1.54) is 0 Å². The van der Waals surface area contributed by atoms with Crippen molar-refractivity contribution in [1.29, 1.82) is 0 Å². The third-order valence-electron chi connectivity index (χ3n) is 2.22. The smallest absolute Gasteiger partial charge is 0.368 e. The second-order valence-corrected chi connectivity index (χ2v) is 3.21. The Bertz CT molecular complexity index is 373. The van der Waals surface area contributed by atoms with Gasteiger partial charge in [0.15, 0.2) is 5.69 Å². The second-order valence-electron chi connectivity index (χ2n) is 3.21. The standard InChI is InChI=1S/C8H8F3N3/c9-8(10,11)6-4-2-1-3-5(4)13-7(12)14-6/h1-3H2,(H2,12,13,14). The minimum atomic E-state index is -4.43. The average molecular weight is 203 g/mol. The fourth-order valence-corrected chi connectivity index (χ4v) is 1.69. The average Bonchev–Trinajstić information content (AvgIpc) is 2.47. The molecular formula is C8H8F3N3. The summed E-state index contributed by atoms with van der Waals surface area (Å²) in [5, 5.41) is 0. The maximum absolute atomic E-state index is 12.5. The molecule has 0 unspecified atom stereocenters. The van der Waals surface area contributed by atoms with Crippen molar-refractivity contribution in [2.45, 2.75) is 25.4 Å². The number of rotatable bonds is 0. The van der Waals surface area contributed by atoms with E-state index in [1.54, 1.807) is 0 Å². The highest BCUT2D eigenvalue weighted by Crippen LogP contribution is 2.35. The first-order chi connectivity index (χ1) is 6.48. The van der Waals surface area contributed by atoms with Crippen molar-refractivity contribution in [3.8, 4) is 0 Å². The van der Waals surface area contributed by atoms with Crippen molar-refractivity contribution in [2.75, 3.05) is 5.73 Å². The van der Waals surface area contributed by atoms with Crippen LogP contribution < -0.4 is 5.73 Å². The van der Waals surface area contributed by atoms with E-state index in [0.29, 0.717) is 25.0 Å². The minimum Gasteiger partial charge on any atom is -0.368 e. The monoisotopic (exact) mass is 203 g/mol. The van der Waals surface area contributed by atoms with E-state index in [2.05, 4.69) is 9.97 Å². The molecule has 0 amide bonds. The first-order valence-electron chi connectivity index (χ1n) is 4.21. The highest BCUT2D eigenvalue weighted by molar-refractivity contribution is 5.36. The van der Waals surface area contributed by atoms with Crippen LogP contribution in [-0.4, -0.2) is 9.97 Å². The summed E-state index contributed by atoms with van der Waals surface area (Å²) in [6.45, 7) is 0. The molecule has 1 aliphatic carbocycles. The number of nitrogen functional groups attached to an aromatic ring is 1. The molecule has 76 valence electrons. The number of hydrogen-bond donors (Lipinski definition) is 1. The van der Waals surface area contributed by atoms with Crippen LogP contribution in [0.3, 0.4) is 0 Å². The van der Waals surface area contributed by atoms with Crippen LogP contribution in [0.2, 0.25) is 0 Å². The van der Waals surface area contributed by atoms with Gasteiger partial charge < -0.3 is 5.73 Å². The molecule has 0 atom stereocenters. The predicted molar refractivity (Wildman–Crippen MR) is 43.5 cm³/mol. The molecule has 0 spiro atoms. The van der Waals surface area contributed by atoms with Gasteiger partial charge in [0.2, 0.25) is 5.95 Å². The third-order valence-corrected chi connectivity index (χ3v) is 2.22. The highest BCUT2D eigenvalue weighted by atomic mass is 19.4. The van der Waals surface area contributed by atoms with Gasteiger partial charge in [0.25, 0.3) is 0 Å². The molecule has 0 radical (unpaired) electrons. The van der Waals surface area contributed by atoms with Crippen molar-refractivity contribution in [3.05, 3.63) is 17.0 Å². The highest BCUT2D eigenvalue weighted by Gasteiger charge is 2.38. The normalized spacial score (nSPS) is 15.6. The number of aryl methyl sites for hydroxylation is 1. The molecule has 2 rings (SSSR count). The van der Waals surface area contributed by atoms with Gasteiger partial charge in [0, 0.05) is 11.3 Å². The van der Waals surface area contributed by atoms with Gasteiger partial charge in [0.1, 0.15) is 0 Å². The molecule has 3 nitrogen and oxygen atoms in total. The van der Waals surface area contributed by atoms with Gasteiger partial charge in [-0.15, -0.1) is 0 Å². The summed E-state index contributed by atoms with van der Waals surface area (Å²) in [7, 11) is 0. The Morgan fingerprint density at radius 2 is 1.86 bits per heavy atom. The summed E-state index contributed by atoms with van der Waals surface area (Å²) in [6, 6.07) is 0. The van der Waals surface area contributed by atoms with Crippen LogP contribution in [0, 0.1) is 0 Å². The Morgan fingerprint density at radius 3 is 2.50 bits per heavy atom. The number of anilines is 1. The first kappa shape index (κ1) is 9.23. The number of halogens is 3. The lowest BCUT2D eigenvalue weighted by atomic mass is 10.2. The fourth-order valence-electron chi connectivity index (χ4n) is 1.69. The lowest BCUT2D eigenvalue weighted by molar-refractivity contribution is -0.141. The van der Waals surface area contributed by atoms with E-state index in [9.17, 15) is 13.2 Å². The van der Waals surface area contributed by atoms with Crippen LogP contribution in [0.5, 0.6) is 0 Å². The van der Waals surface area contributed by atoms with Crippen LogP contribution >= 0.6 is 0 Å². The van der Waals surface area contributed by atoms with Gasteiger partial charge >= 0.3 is 6.18 Å². The molecule has 6 heteroatoms. The Hall–Kier alpha value is -1.33. The van der Waals surface area contributed by atoms with Crippen LogP contribution in [-0.2, 0) is 19.0 Å². The molecule has 1 aliphatic rings. The molecule has 2 N–H and O–H groups in total. The van der Waals surface area contributed by atoms with Crippen molar-refractivity contribution >= 4 is 5.95 Å². The zero-order valence-electron chi connectivity index (χ0n) is 7.23. The van der Waals surface area contributed by atoms with E-state index >= 15 is 0 Å². The summed E-state index contributed by atoms with van der Waals surface area (Å²) < 4.78 is 37.4. The third kappa shape index (κ3) is 1.40. The number of alkyl halides is 3. The summed E-state index contributed by atoms with van der Waals surface area (Å²) >= 11 is 0. The van der Waals surface area contributed by atoms with Gasteiger partial charge in [0.05, 0.1) is 0 Å². The van der Waals surface area contributed by atoms with E-state index in [0.717, 1.165) is 0 Å². The molecule has 0 saturated heterocycles. The van der Waals surface area contributed by atoms with Crippen molar-refractivity contribution in [3.63, 3.8) is 0 Å². The second kappa shape index (κ2) is 2.83. The predicted octanol–water partition coefficient (Wildman–Crippen LogP) is 1.57. The zero-order valence-corrected chi connectivity index (χ0v) is 7.23. The van der Waals surface area contributed by atoms with Crippen LogP contribution in [0.25, 0.3) is 0 Å². The Kier molecular flexibility index (Phi) is 1.87. The van der Waals surface area contributed by atoms with Crippen molar-refractivity contribution in [1.82, 2.24) is 9.97 Å². The van der Waals surface area contributed by atoms with E-state index in [-0.39, 0.29) is 11.5 Å². The zero-order chi connectivity index (χ0) is 10.3. The number of nitrogens with zero attached hydrogens (tertiary/aromatic N) is 2.